The van der Waals surface area contributed by atoms with Crippen molar-refractivity contribution in [1.29, 1.82) is 0 Å². The van der Waals surface area contributed by atoms with E-state index in [0.29, 0.717) is 24.7 Å². The van der Waals surface area contributed by atoms with E-state index in [4.69, 9.17) is 10.5 Å². The second-order valence-corrected chi connectivity index (χ2v) is 6.25. The van der Waals surface area contributed by atoms with Gasteiger partial charge in [-0.3, -0.25) is 4.90 Å². The highest BCUT2D eigenvalue weighted by atomic mass is 32.1. The number of morpholine rings is 1. The first-order valence-electron chi connectivity index (χ1n) is 7.01. The molecule has 4 heteroatoms. The van der Waals surface area contributed by atoms with Crippen LogP contribution >= 0.6 is 11.3 Å². The third kappa shape index (κ3) is 2.35. The van der Waals surface area contributed by atoms with Crippen LogP contribution in [0.1, 0.15) is 36.6 Å². The number of fused-ring (bicyclic) bond motifs is 1. The van der Waals surface area contributed by atoms with Crippen molar-refractivity contribution in [2.24, 2.45) is 5.73 Å². The first-order valence-corrected chi connectivity index (χ1v) is 7.89. The Labute approximate surface area is 113 Å². The third-order valence-electron chi connectivity index (χ3n) is 4.27. The Bertz CT molecular complexity index is 366. The molecule has 2 N–H and O–H groups in total. The summed E-state index contributed by atoms with van der Waals surface area (Å²) >= 11 is 1.83. The lowest BCUT2D eigenvalue weighted by Crippen LogP contribution is -2.54. The van der Waals surface area contributed by atoms with E-state index in [1.807, 2.05) is 11.3 Å². The zero-order valence-corrected chi connectivity index (χ0v) is 11.6. The fraction of sp³-hybridized carbons (Fsp3) is 0.714. The molecule has 3 unspecified atom stereocenters. The monoisotopic (exact) mass is 266 g/mol. The summed E-state index contributed by atoms with van der Waals surface area (Å²) in [6.45, 7) is 2.60. The molecule has 0 amide bonds. The Hall–Kier alpha value is -0.420. The highest BCUT2D eigenvalue weighted by Gasteiger charge is 2.37. The summed E-state index contributed by atoms with van der Waals surface area (Å²) in [5.41, 5.74) is 6.04. The van der Waals surface area contributed by atoms with Crippen molar-refractivity contribution in [1.82, 2.24) is 4.90 Å². The second kappa shape index (κ2) is 5.70. The largest absolute Gasteiger partial charge is 0.375 e. The van der Waals surface area contributed by atoms with Gasteiger partial charge in [0.1, 0.15) is 0 Å². The molecule has 1 aliphatic carbocycles. The summed E-state index contributed by atoms with van der Waals surface area (Å²) < 4.78 is 5.95. The molecule has 100 valence electrons. The third-order valence-corrected chi connectivity index (χ3v) is 5.24. The maximum absolute atomic E-state index is 6.04. The predicted molar refractivity (Wildman–Crippen MR) is 74.8 cm³/mol. The summed E-state index contributed by atoms with van der Waals surface area (Å²) in [6.07, 6.45) is 5.60. The van der Waals surface area contributed by atoms with Gasteiger partial charge in [-0.25, -0.2) is 0 Å². The second-order valence-electron chi connectivity index (χ2n) is 5.27. The van der Waals surface area contributed by atoms with Crippen molar-refractivity contribution in [2.45, 2.75) is 43.9 Å². The maximum Gasteiger partial charge on any atom is 0.0731 e. The molecular formula is C14H22N2OS. The number of hydrogen-bond donors (Lipinski definition) is 1. The van der Waals surface area contributed by atoms with Gasteiger partial charge >= 0.3 is 0 Å². The number of nitrogens with zero attached hydrogens (tertiary/aromatic N) is 1. The van der Waals surface area contributed by atoms with Crippen molar-refractivity contribution in [3.63, 3.8) is 0 Å². The van der Waals surface area contributed by atoms with Crippen LogP contribution in [-0.2, 0) is 4.74 Å². The molecule has 2 heterocycles. The number of hydrogen-bond acceptors (Lipinski definition) is 4. The Morgan fingerprint density at radius 2 is 2.33 bits per heavy atom. The lowest BCUT2D eigenvalue weighted by Gasteiger charge is -2.46. The molecule has 2 aliphatic rings. The first kappa shape index (κ1) is 12.6. The fourth-order valence-corrected chi connectivity index (χ4v) is 4.27. The molecule has 0 aromatic carbocycles. The molecule has 1 aromatic rings. The quantitative estimate of drug-likeness (QED) is 0.913. The molecule has 1 aliphatic heterocycles. The highest BCUT2D eigenvalue weighted by molar-refractivity contribution is 7.10. The Morgan fingerprint density at radius 3 is 3.11 bits per heavy atom. The van der Waals surface area contributed by atoms with E-state index in [9.17, 15) is 0 Å². The van der Waals surface area contributed by atoms with Crippen LogP contribution in [-0.4, -0.2) is 36.7 Å². The average molecular weight is 266 g/mol. The molecule has 0 spiro atoms. The zero-order chi connectivity index (χ0) is 12.4. The van der Waals surface area contributed by atoms with Gasteiger partial charge in [-0.1, -0.05) is 18.9 Å². The van der Waals surface area contributed by atoms with Crippen LogP contribution in [0.3, 0.4) is 0 Å². The molecular weight excluding hydrogens is 244 g/mol. The summed E-state index contributed by atoms with van der Waals surface area (Å²) in [7, 11) is 0. The molecule has 3 nitrogen and oxygen atoms in total. The van der Waals surface area contributed by atoms with Gasteiger partial charge in [-0.05, 0) is 24.3 Å². The van der Waals surface area contributed by atoms with E-state index in [0.717, 1.165) is 13.2 Å². The minimum Gasteiger partial charge on any atom is -0.375 e. The number of ether oxygens (including phenoxy) is 1. The molecule has 3 atom stereocenters. The van der Waals surface area contributed by atoms with Crippen LogP contribution in [0.4, 0.5) is 0 Å². The molecule has 18 heavy (non-hydrogen) atoms. The molecule has 3 rings (SSSR count). The van der Waals surface area contributed by atoms with Gasteiger partial charge in [0.05, 0.1) is 18.8 Å². The van der Waals surface area contributed by atoms with E-state index < -0.39 is 0 Å². The molecule has 2 fully saturated rings. The SMILES string of the molecule is NCC(c1cccs1)N1CCOC2CCCCC21. The smallest absolute Gasteiger partial charge is 0.0731 e. The summed E-state index contributed by atoms with van der Waals surface area (Å²) in [6, 6.07) is 5.32. The normalized spacial score (nSPS) is 30.9. The van der Waals surface area contributed by atoms with Gasteiger partial charge in [0.25, 0.3) is 0 Å². The average Bonchev–Trinajstić information content (AvgIpc) is 2.94. The molecule has 1 aromatic heterocycles. The van der Waals surface area contributed by atoms with Crippen LogP contribution in [0.2, 0.25) is 0 Å². The number of thiophene rings is 1. The first-order chi connectivity index (χ1) is 8.90. The molecule has 0 bridgehead atoms. The van der Waals surface area contributed by atoms with Crippen LogP contribution in [0.15, 0.2) is 17.5 Å². The standard InChI is InChI=1S/C14H22N2OS/c15-10-12(14-6-3-9-18-14)16-7-8-17-13-5-2-1-4-11(13)16/h3,6,9,11-13H,1-2,4-5,7-8,10,15H2. The minimum atomic E-state index is 0.388. The van der Waals surface area contributed by atoms with Crippen molar-refractivity contribution < 1.29 is 4.74 Å². The summed E-state index contributed by atoms with van der Waals surface area (Å²) in [4.78, 5) is 4.02. The van der Waals surface area contributed by atoms with Crippen molar-refractivity contribution in [3.05, 3.63) is 22.4 Å². The van der Waals surface area contributed by atoms with E-state index in [2.05, 4.69) is 22.4 Å². The van der Waals surface area contributed by atoms with E-state index in [1.165, 1.54) is 30.6 Å². The molecule has 1 saturated carbocycles. The lowest BCUT2D eigenvalue weighted by atomic mass is 9.89. The van der Waals surface area contributed by atoms with Gasteiger partial charge < -0.3 is 10.5 Å². The van der Waals surface area contributed by atoms with E-state index in [-0.39, 0.29) is 0 Å². The zero-order valence-electron chi connectivity index (χ0n) is 10.8. The Kier molecular flexibility index (Phi) is 3.99. The van der Waals surface area contributed by atoms with Crippen LogP contribution in [0.5, 0.6) is 0 Å². The van der Waals surface area contributed by atoms with Crippen molar-refractivity contribution in [3.8, 4) is 0 Å². The van der Waals surface area contributed by atoms with Crippen molar-refractivity contribution in [2.75, 3.05) is 19.7 Å². The van der Waals surface area contributed by atoms with Gasteiger partial charge in [-0.15, -0.1) is 11.3 Å². The summed E-state index contributed by atoms with van der Waals surface area (Å²) in [5.74, 6) is 0. The molecule has 1 saturated heterocycles. The Morgan fingerprint density at radius 1 is 1.44 bits per heavy atom. The highest BCUT2D eigenvalue weighted by Crippen LogP contribution is 2.35. The minimum absolute atomic E-state index is 0.388. The van der Waals surface area contributed by atoms with Crippen LogP contribution in [0, 0.1) is 0 Å². The van der Waals surface area contributed by atoms with Gasteiger partial charge in [0.2, 0.25) is 0 Å². The van der Waals surface area contributed by atoms with Crippen LogP contribution in [0.25, 0.3) is 0 Å². The van der Waals surface area contributed by atoms with Gasteiger partial charge in [0.15, 0.2) is 0 Å². The van der Waals surface area contributed by atoms with Gasteiger partial charge in [-0.2, -0.15) is 0 Å². The summed E-state index contributed by atoms with van der Waals surface area (Å²) in [5, 5.41) is 2.15. The number of nitrogens with two attached hydrogens (primary N) is 1. The topological polar surface area (TPSA) is 38.5 Å². The Balaban J connectivity index is 1.80. The fourth-order valence-electron chi connectivity index (χ4n) is 3.41. The van der Waals surface area contributed by atoms with Crippen LogP contribution < -0.4 is 5.73 Å². The van der Waals surface area contributed by atoms with Gasteiger partial charge in [0, 0.05) is 24.0 Å². The lowest BCUT2D eigenvalue weighted by molar-refractivity contribution is -0.102. The predicted octanol–water partition coefficient (Wildman–Crippen LogP) is 2.39. The van der Waals surface area contributed by atoms with E-state index in [1.54, 1.807) is 0 Å². The van der Waals surface area contributed by atoms with Crippen molar-refractivity contribution >= 4 is 11.3 Å². The van der Waals surface area contributed by atoms with E-state index >= 15 is 0 Å². The molecule has 0 radical (unpaired) electrons. The maximum atomic E-state index is 6.04. The number of rotatable bonds is 3.